The number of phenolic OH excluding ortho intramolecular Hbond substituents is 1. The third-order valence-electron chi connectivity index (χ3n) is 5.77. The van der Waals surface area contributed by atoms with Gasteiger partial charge in [-0.25, -0.2) is 0 Å². The van der Waals surface area contributed by atoms with Crippen LogP contribution in [0, 0.1) is 5.92 Å². The molecule has 0 spiro atoms. The molecule has 6 rings (SSSR count). The lowest BCUT2D eigenvalue weighted by Crippen LogP contribution is -2.46. The summed E-state index contributed by atoms with van der Waals surface area (Å²) in [4.78, 5) is 0. The fraction of sp³-hybridized carbons (Fsp3) is 0.400. The van der Waals surface area contributed by atoms with E-state index in [4.69, 9.17) is 33.2 Å². The molecule has 4 unspecified atom stereocenters. The Morgan fingerprint density at radius 3 is 2.66 bits per heavy atom. The normalized spacial score (nSPS) is 31.1. The van der Waals surface area contributed by atoms with Crippen molar-refractivity contribution in [2.24, 2.45) is 5.92 Å². The van der Waals surface area contributed by atoms with Crippen LogP contribution in [0.4, 0.5) is 0 Å². The lowest BCUT2D eigenvalue weighted by Gasteiger charge is -2.27. The maximum Gasteiger partial charge on any atom is 0.231 e. The van der Waals surface area contributed by atoms with Crippen LogP contribution >= 0.6 is 0 Å². The van der Waals surface area contributed by atoms with Crippen LogP contribution in [0.1, 0.15) is 11.7 Å². The molecule has 0 aromatic heterocycles. The van der Waals surface area contributed by atoms with Gasteiger partial charge < -0.3 is 43.4 Å². The van der Waals surface area contributed by atoms with Crippen molar-refractivity contribution in [2.75, 3.05) is 26.8 Å². The summed E-state index contributed by atoms with van der Waals surface area (Å²) in [7, 11) is 0. The smallest absolute Gasteiger partial charge is 0.231 e. The maximum absolute atomic E-state index is 11.3. The molecule has 152 valence electrons. The molecule has 4 aliphatic heterocycles. The van der Waals surface area contributed by atoms with Crippen LogP contribution in [0.5, 0.6) is 34.5 Å². The van der Waals surface area contributed by atoms with Crippen LogP contribution < -0.4 is 23.7 Å². The molecule has 9 heteroatoms. The van der Waals surface area contributed by atoms with Crippen LogP contribution in [0.2, 0.25) is 0 Å². The van der Waals surface area contributed by atoms with E-state index in [0.29, 0.717) is 28.6 Å². The van der Waals surface area contributed by atoms with Crippen LogP contribution in [0.15, 0.2) is 30.3 Å². The minimum absolute atomic E-state index is 0.00539. The molecule has 2 aromatic carbocycles. The summed E-state index contributed by atoms with van der Waals surface area (Å²) in [6.45, 7) is 0.439. The SMILES string of the molecule is Oc1c(C2OCC3(O)C(Oc4ccc5c(c4)OCO5)OCC23)ccc2c1OCO2. The zero-order valence-corrected chi connectivity index (χ0v) is 15.2. The predicted molar refractivity (Wildman–Crippen MR) is 94.3 cm³/mol. The van der Waals surface area contributed by atoms with Gasteiger partial charge in [0.1, 0.15) is 5.75 Å². The van der Waals surface area contributed by atoms with Crippen LogP contribution in [0.3, 0.4) is 0 Å². The fourth-order valence-electron chi connectivity index (χ4n) is 4.24. The largest absolute Gasteiger partial charge is 0.504 e. The van der Waals surface area contributed by atoms with Crippen molar-refractivity contribution < 1.29 is 43.4 Å². The zero-order valence-electron chi connectivity index (χ0n) is 15.2. The van der Waals surface area contributed by atoms with E-state index in [1.807, 2.05) is 0 Å². The maximum atomic E-state index is 11.3. The summed E-state index contributed by atoms with van der Waals surface area (Å²) in [5.41, 5.74) is -0.855. The molecule has 0 amide bonds. The van der Waals surface area contributed by atoms with E-state index in [1.54, 1.807) is 30.3 Å². The number of rotatable bonds is 3. The number of aromatic hydroxyl groups is 1. The van der Waals surface area contributed by atoms with Gasteiger partial charge in [-0.3, -0.25) is 0 Å². The van der Waals surface area contributed by atoms with Gasteiger partial charge >= 0.3 is 0 Å². The zero-order chi connectivity index (χ0) is 19.6. The number of benzene rings is 2. The topological polar surface area (TPSA) is 105 Å². The molecule has 2 N–H and O–H groups in total. The summed E-state index contributed by atoms with van der Waals surface area (Å²) in [5, 5.41) is 21.9. The molecule has 4 heterocycles. The highest BCUT2D eigenvalue weighted by molar-refractivity contribution is 5.57. The summed E-state index contributed by atoms with van der Waals surface area (Å²) in [6.07, 6.45) is -1.49. The molecule has 9 nitrogen and oxygen atoms in total. The minimum atomic E-state index is -1.37. The second-order valence-corrected chi connectivity index (χ2v) is 7.36. The standard InChI is InChI=1S/C20H18O9/c21-16-11(2-4-14-18(16)28-9-26-14)17-12-6-23-19(20(12,22)7-24-17)29-10-1-3-13-15(5-10)27-8-25-13/h1-5,12,17,19,21-22H,6-9H2. The molecule has 0 saturated carbocycles. The molecule has 29 heavy (non-hydrogen) atoms. The van der Waals surface area contributed by atoms with Crippen molar-refractivity contribution in [3.8, 4) is 34.5 Å². The quantitative estimate of drug-likeness (QED) is 0.794. The van der Waals surface area contributed by atoms with Gasteiger partial charge in [-0.2, -0.15) is 0 Å². The summed E-state index contributed by atoms with van der Waals surface area (Å²) in [5.74, 6) is 2.00. The average Bonchev–Trinajstić information content (AvgIpc) is 3.48. The van der Waals surface area contributed by atoms with Gasteiger partial charge in [0.15, 0.2) is 28.6 Å². The Labute approximate surface area is 165 Å². The third kappa shape index (κ3) is 2.44. The molecule has 2 saturated heterocycles. The first-order chi connectivity index (χ1) is 14.1. The van der Waals surface area contributed by atoms with Crippen LogP contribution in [0.25, 0.3) is 0 Å². The molecular weight excluding hydrogens is 384 g/mol. The van der Waals surface area contributed by atoms with Gasteiger partial charge in [0.25, 0.3) is 0 Å². The molecule has 4 atom stereocenters. The molecule has 0 aliphatic carbocycles. The molecule has 2 aromatic rings. The van der Waals surface area contributed by atoms with Gasteiger partial charge in [-0.1, -0.05) is 0 Å². The number of hydrogen-bond donors (Lipinski definition) is 2. The first kappa shape index (κ1) is 17.0. The van der Waals surface area contributed by atoms with Gasteiger partial charge in [0, 0.05) is 11.6 Å². The van der Waals surface area contributed by atoms with E-state index < -0.39 is 23.9 Å². The third-order valence-corrected chi connectivity index (χ3v) is 5.77. The van der Waals surface area contributed by atoms with Gasteiger partial charge in [0.05, 0.1) is 25.2 Å². The lowest BCUT2D eigenvalue weighted by atomic mass is 9.85. The Balaban J connectivity index is 1.25. The van der Waals surface area contributed by atoms with E-state index in [9.17, 15) is 10.2 Å². The molecular formula is C20H18O9. The Bertz CT molecular complexity index is 977. The molecule has 4 aliphatic rings. The number of hydrogen-bond acceptors (Lipinski definition) is 9. The van der Waals surface area contributed by atoms with E-state index in [0.717, 1.165) is 0 Å². The van der Waals surface area contributed by atoms with Crippen molar-refractivity contribution in [1.82, 2.24) is 0 Å². The Morgan fingerprint density at radius 2 is 1.72 bits per heavy atom. The van der Waals surface area contributed by atoms with Gasteiger partial charge in [-0.05, 0) is 24.3 Å². The van der Waals surface area contributed by atoms with E-state index >= 15 is 0 Å². The average molecular weight is 402 g/mol. The number of phenols is 1. The molecule has 2 fully saturated rings. The number of fused-ring (bicyclic) bond motifs is 3. The Morgan fingerprint density at radius 1 is 0.931 bits per heavy atom. The summed E-state index contributed by atoms with van der Waals surface area (Å²) < 4.78 is 38.8. The van der Waals surface area contributed by atoms with E-state index in [1.165, 1.54) is 0 Å². The molecule has 0 radical (unpaired) electrons. The van der Waals surface area contributed by atoms with Crippen molar-refractivity contribution in [3.63, 3.8) is 0 Å². The van der Waals surface area contributed by atoms with Crippen LogP contribution in [-0.2, 0) is 9.47 Å². The van der Waals surface area contributed by atoms with Gasteiger partial charge in [-0.15, -0.1) is 0 Å². The predicted octanol–water partition coefficient (Wildman–Crippen LogP) is 1.70. The summed E-state index contributed by atoms with van der Waals surface area (Å²) >= 11 is 0. The van der Waals surface area contributed by atoms with Gasteiger partial charge in [0.2, 0.25) is 25.6 Å². The van der Waals surface area contributed by atoms with E-state index in [2.05, 4.69) is 0 Å². The highest BCUT2D eigenvalue weighted by Gasteiger charge is 2.61. The minimum Gasteiger partial charge on any atom is -0.504 e. The number of aliphatic hydroxyl groups is 1. The Kier molecular flexibility index (Phi) is 3.55. The summed E-state index contributed by atoms with van der Waals surface area (Å²) in [6, 6.07) is 8.59. The van der Waals surface area contributed by atoms with Crippen LogP contribution in [-0.4, -0.2) is 48.9 Å². The first-order valence-corrected chi connectivity index (χ1v) is 9.27. The number of ether oxygens (including phenoxy) is 7. The first-order valence-electron chi connectivity index (χ1n) is 9.27. The monoisotopic (exact) mass is 402 g/mol. The van der Waals surface area contributed by atoms with Crippen molar-refractivity contribution in [2.45, 2.75) is 18.0 Å². The van der Waals surface area contributed by atoms with Crippen molar-refractivity contribution in [1.29, 1.82) is 0 Å². The second kappa shape index (κ2) is 6.06. The highest BCUT2D eigenvalue weighted by atomic mass is 16.7. The van der Waals surface area contributed by atoms with E-state index in [-0.39, 0.29) is 38.3 Å². The van der Waals surface area contributed by atoms with Crippen molar-refractivity contribution in [3.05, 3.63) is 35.9 Å². The Hall–Kier alpha value is -2.88. The lowest BCUT2D eigenvalue weighted by molar-refractivity contribution is -0.152. The highest BCUT2D eigenvalue weighted by Crippen LogP contribution is 2.53. The van der Waals surface area contributed by atoms with Crippen molar-refractivity contribution >= 4 is 0 Å². The fourth-order valence-corrected chi connectivity index (χ4v) is 4.24. The molecule has 0 bridgehead atoms. The second-order valence-electron chi connectivity index (χ2n) is 7.36.